The first-order chi connectivity index (χ1) is 14.8. The largest absolute Gasteiger partial charge is 0.491 e. The summed E-state index contributed by atoms with van der Waals surface area (Å²) in [5, 5.41) is 30.0. The maximum Gasteiger partial charge on any atom is 0.303 e. The van der Waals surface area contributed by atoms with Crippen LogP contribution in [0, 0.1) is 11.8 Å². The van der Waals surface area contributed by atoms with Gasteiger partial charge in [0.1, 0.15) is 18.5 Å². The normalized spacial score (nSPS) is 22.9. The van der Waals surface area contributed by atoms with E-state index in [0.717, 1.165) is 12.0 Å². The third-order valence-corrected chi connectivity index (χ3v) is 5.63. The molecule has 172 valence electrons. The van der Waals surface area contributed by atoms with Gasteiger partial charge in [-0.3, -0.25) is 4.79 Å². The van der Waals surface area contributed by atoms with Crippen LogP contribution in [0.5, 0.6) is 5.75 Å². The number of aliphatic hydroxyl groups is 2. The van der Waals surface area contributed by atoms with E-state index in [-0.39, 0.29) is 37.6 Å². The van der Waals surface area contributed by atoms with Crippen molar-refractivity contribution in [1.82, 2.24) is 0 Å². The molecule has 3 N–H and O–H groups in total. The molecule has 7 heteroatoms. The summed E-state index contributed by atoms with van der Waals surface area (Å²) in [6.45, 7) is 4.45. The number of carboxylic acid groups (broad SMARTS) is 1. The molecule has 1 saturated heterocycles. The molecule has 0 spiro atoms. The number of halogens is 1. The van der Waals surface area contributed by atoms with Gasteiger partial charge in [0.05, 0.1) is 18.8 Å². The molecule has 0 radical (unpaired) electrons. The molecule has 1 unspecified atom stereocenters. The fraction of sp³-hybridized carbons (Fsp3) is 0.542. The Balaban J connectivity index is 1.86. The van der Waals surface area contributed by atoms with Gasteiger partial charge < -0.3 is 24.8 Å². The second kappa shape index (κ2) is 12.9. The second-order valence-electron chi connectivity index (χ2n) is 8.15. The Morgan fingerprint density at radius 2 is 2.13 bits per heavy atom. The van der Waals surface area contributed by atoms with Crippen LogP contribution in [-0.4, -0.2) is 52.8 Å². The number of benzene rings is 1. The highest BCUT2D eigenvalue weighted by Crippen LogP contribution is 2.28. The quantitative estimate of drug-likeness (QED) is 0.410. The van der Waals surface area contributed by atoms with Crippen molar-refractivity contribution in [3.05, 3.63) is 53.1 Å². The van der Waals surface area contributed by atoms with Crippen LogP contribution in [0.15, 0.2) is 48.1 Å². The van der Waals surface area contributed by atoms with Crippen LogP contribution in [0.25, 0.3) is 0 Å². The van der Waals surface area contributed by atoms with Gasteiger partial charge in [-0.05, 0) is 43.4 Å². The van der Waals surface area contributed by atoms with Gasteiger partial charge in [-0.25, -0.2) is 0 Å². The summed E-state index contributed by atoms with van der Waals surface area (Å²) in [6, 6.07) is 6.97. The molecule has 0 saturated carbocycles. The first-order valence-corrected chi connectivity index (χ1v) is 11.1. The number of carboxylic acids is 1. The Labute approximate surface area is 189 Å². The monoisotopic (exact) mass is 452 g/mol. The van der Waals surface area contributed by atoms with E-state index in [1.807, 2.05) is 0 Å². The van der Waals surface area contributed by atoms with Crippen LogP contribution in [0.2, 0.25) is 5.02 Å². The first kappa shape index (κ1) is 25.4. The third-order valence-electron chi connectivity index (χ3n) is 5.39. The van der Waals surface area contributed by atoms with Crippen molar-refractivity contribution in [3.63, 3.8) is 0 Å². The number of hydrogen-bond donors (Lipinski definition) is 3. The van der Waals surface area contributed by atoms with Crippen molar-refractivity contribution >= 4 is 17.6 Å². The maximum absolute atomic E-state index is 10.8. The van der Waals surface area contributed by atoms with Gasteiger partial charge in [0, 0.05) is 17.4 Å². The number of carbonyl (C=O) groups is 1. The van der Waals surface area contributed by atoms with Gasteiger partial charge in [0.15, 0.2) is 0 Å². The Bertz CT molecular complexity index is 760. The molecule has 1 aliphatic rings. The van der Waals surface area contributed by atoms with E-state index in [9.17, 15) is 15.0 Å². The molecule has 4 atom stereocenters. The smallest absolute Gasteiger partial charge is 0.303 e. The predicted molar refractivity (Wildman–Crippen MR) is 120 cm³/mol. The molecule has 2 rings (SSSR count). The lowest BCUT2D eigenvalue weighted by atomic mass is 9.91. The van der Waals surface area contributed by atoms with Gasteiger partial charge >= 0.3 is 5.97 Å². The molecular weight excluding hydrogens is 420 g/mol. The zero-order chi connectivity index (χ0) is 22.8. The molecule has 0 bridgehead atoms. The Morgan fingerprint density at radius 3 is 2.81 bits per heavy atom. The number of ether oxygens (including phenoxy) is 2. The zero-order valence-electron chi connectivity index (χ0n) is 18.1. The topological polar surface area (TPSA) is 96.2 Å². The average Bonchev–Trinajstić information content (AvgIpc) is 3.06. The number of aliphatic carboxylic acids is 1. The molecule has 1 fully saturated rings. The van der Waals surface area contributed by atoms with E-state index in [0.29, 0.717) is 23.6 Å². The highest BCUT2D eigenvalue weighted by molar-refractivity contribution is 6.30. The van der Waals surface area contributed by atoms with Gasteiger partial charge in [-0.1, -0.05) is 55.3 Å². The first-order valence-electron chi connectivity index (χ1n) is 10.7. The fourth-order valence-electron chi connectivity index (χ4n) is 3.60. The lowest BCUT2D eigenvalue weighted by Crippen LogP contribution is -2.23. The minimum Gasteiger partial charge on any atom is -0.491 e. The summed E-state index contributed by atoms with van der Waals surface area (Å²) in [5.74, 6) is -0.00820. The predicted octanol–water partition coefficient (Wildman–Crippen LogP) is 4.24. The van der Waals surface area contributed by atoms with Crippen LogP contribution in [0.4, 0.5) is 0 Å². The number of rotatable bonds is 12. The molecule has 1 aromatic rings. The van der Waals surface area contributed by atoms with E-state index in [2.05, 4.69) is 19.9 Å². The molecule has 1 aromatic carbocycles. The summed E-state index contributed by atoms with van der Waals surface area (Å²) in [7, 11) is 0. The Hall–Kier alpha value is -1.86. The minimum absolute atomic E-state index is 0.0820. The molecule has 0 aliphatic carbocycles. The number of allylic oxidation sites excluding steroid dienone is 2. The zero-order valence-corrected chi connectivity index (χ0v) is 18.9. The maximum atomic E-state index is 10.8. The van der Waals surface area contributed by atoms with E-state index in [1.54, 1.807) is 36.4 Å². The number of hydrogen-bond acceptors (Lipinski definition) is 5. The average molecular weight is 453 g/mol. The molecule has 0 aromatic heterocycles. The van der Waals surface area contributed by atoms with Crippen LogP contribution in [0.3, 0.4) is 0 Å². The van der Waals surface area contributed by atoms with Crippen molar-refractivity contribution in [2.45, 2.75) is 57.8 Å². The lowest BCUT2D eigenvalue weighted by Gasteiger charge is -2.18. The molecular formula is C24H33ClO6. The Kier molecular flexibility index (Phi) is 10.5. The van der Waals surface area contributed by atoms with Crippen molar-refractivity contribution in [1.29, 1.82) is 0 Å². The fourth-order valence-corrected chi connectivity index (χ4v) is 3.78. The van der Waals surface area contributed by atoms with Gasteiger partial charge in [0.2, 0.25) is 0 Å². The van der Waals surface area contributed by atoms with Crippen molar-refractivity contribution < 1.29 is 29.6 Å². The summed E-state index contributed by atoms with van der Waals surface area (Å²) < 4.78 is 11.2. The van der Waals surface area contributed by atoms with E-state index in [1.165, 1.54) is 0 Å². The summed E-state index contributed by atoms with van der Waals surface area (Å²) >= 11 is 5.92. The molecule has 31 heavy (non-hydrogen) atoms. The number of aliphatic hydroxyl groups excluding tert-OH is 2. The minimum atomic E-state index is -0.815. The van der Waals surface area contributed by atoms with Crippen LogP contribution in [-0.2, 0) is 9.53 Å². The van der Waals surface area contributed by atoms with Crippen molar-refractivity contribution in [3.8, 4) is 5.75 Å². The van der Waals surface area contributed by atoms with Gasteiger partial charge in [0.25, 0.3) is 0 Å². The summed E-state index contributed by atoms with van der Waals surface area (Å²) in [6.07, 6.45) is 5.95. The summed E-state index contributed by atoms with van der Waals surface area (Å²) in [4.78, 5) is 10.8. The van der Waals surface area contributed by atoms with Crippen LogP contribution in [0.1, 0.15) is 39.5 Å². The van der Waals surface area contributed by atoms with Crippen molar-refractivity contribution in [2.24, 2.45) is 11.8 Å². The highest BCUT2D eigenvalue weighted by atomic mass is 35.5. The highest BCUT2D eigenvalue weighted by Gasteiger charge is 2.33. The molecule has 6 nitrogen and oxygen atoms in total. The van der Waals surface area contributed by atoms with Crippen LogP contribution >= 0.6 is 11.6 Å². The molecule has 1 heterocycles. The van der Waals surface area contributed by atoms with Gasteiger partial charge in [-0.2, -0.15) is 0 Å². The molecule has 1 aliphatic heterocycles. The SMILES string of the molecule is CC(C)C(=CCC[C@@H]1[C@@H](O)CO[C@@H]1C=CC(O)COc1cccc(Cl)c1)CCC(=O)O. The standard InChI is InChI=1S/C24H33ClO6/c1-16(2)17(9-12-24(28)29)5-3-8-21-22(27)15-31-23(21)11-10-19(26)14-30-20-7-4-6-18(25)13-20/h4-7,10-11,13,16,19,21-23,26-27H,3,8-9,12,14-15H2,1-2H3,(H,28,29)/t19?,21-,22+,23-/m1/s1. The van der Waals surface area contributed by atoms with E-state index in [4.69, 9.17) is 26.2 Å². The van der Waals surface area contributed by atoms with Crippen molar-refractivity contribution in [2.75, 3.05) is 13.2 Å². The third kappa shape index (κ3) is 9.03. The van der Waals surface area contributed by atoms with Crippen LogP contribution < -0.4 is 4.74 Å². The Morgan fingerprint density at radius 1 is 1.35 bits per heavy atom. The van der Waals surface area contributed by atoms with Gasteiger partial charge in [-0.15, -0.1) is 0 Å². The second-order valence-corrected chi connectivity index (χ2v) is 8.59. The van der Waals surface area contributed by atoms with E-state index >= 15 is 0 Å². The summed E-state index contributed by atoms with van der Waals surface area (Å²) in [5.41, 5.74) is 1.12. The van der Waals surface area contributed by atoms with E-state index < -0.39 is 18.2 Å². The molecule has 0 amide bonds. The lowest BCUT2D eigenvalue weighted by molar-refractivity contribution is -0.136.